The van der Waals surface area contributed by atoms with Crippen molar-refractivity contribution < 1.29 is 33.9 Å². The SMILES string of the molecule is CC(C)C(=O)Nc1cccc(C(=O)N[C@H](C(=O)N2C3CCC(C3)[C@H]2C(=O)NC(C=O)CC(=O)O)C(C)(C)C)c1Cl. The van der Waals surface area contributed by atoms with Gasteiger partial charge in [-0.3, -0.25) is 24.0 Å². The Morgan fingerprint density at radius 2 is 1.80 bits per heavy atom. The van der Waals surface area contributed by atoms with Crippen LogP contribution in [0.25, 0.3) is 0 Å². The first-order valence-corrected chi connectivity index (χ1v) is 13.7. The second-order valence-electron chi connectivity index (χ2n) is 11.8. The Morgan fingerprint density at radius 3 is 2.38 bits per heavy atom. The molecule has 5 atom stereocenters. The third-order valence-electron chi connectivity index (χ3n) is 7.41. The highest BCUT2D eigenvalue weighted by molar-refractivity contribution is 6.37. The third-order valence-corrected chi connectivity index (χ3v) is 7.82. The average molecular weight is 577 g/mol. The van der Waals surface area contributed by atoms with Gasteiger partial charge in [-0.25, -0.2) is 0 Å². The van der Waals surface area contributed by atoms with Crippen molar-refractivity contribution in [3.05, 3.63) is 28.8 Å². The van der Waals surface area contributed by atoms with Gasteiger partial charge < -0.3 is 30.8 Å². The first-order chi connectivity index (χ1) is 18.6. The number of aliphatic carboxylic acids is 1. The van der Waals surface area contributed by atoms with Crippen LogP contribution in [-0.2, 0) is 24.0 Å². The molecule has 2 aliphatic rings. The van der Waals surface area contributed by atoms with E-state index in [0.717, 1.165) is 0 Å². The Balaban J connectivity index is 1.86. The van der Waals surface area contributed by atoms with Crippen molar-refractivity contribution in [2.75, 3.05) is 5.32 Å². The molecule has 4 N–H and O–H groups in total. The number of carboxylic acid groups (broad SMARTS) is 1. The van der Waals surface area contributed by atoms with Crippen molar-refractivity contribution in [3.8, 4) is 0 Å². The van der Waals surface area contributed by atoms with Gasteiger partial charge in [-0.1, -0.05) is 52.3 Å². The number of rotatable bonds is 10. The highest BCUT2D eigenvalue weighted by atomic mass is 35.5. The maximum atomic E-state index is 14.0. The number of anilines is 1. The van der Waals surface area contributed by atoms with E-state index in [0.29, 0.717) is 25.5 Å². The molecule has 1 saturated carbocycles. The summed E-state index contributed by atoms with van der Waals surface area (Å²) in [6.45, 7) is 8.81. The summed E-state index contributed by atoms with van der Waals surface area (Å²) >= 11 is 6.48. The first kappa shape index (κ1) is 31.1. The molecule has 218 valence electrons. The molecule has 3 rings (SSSR count). The van der Waals surface area contributed by atoms with Crippen molar-refractivity contribution in [1.29, 1.82) is 0 Å². The fraction of sp³-hybridized carbons (Fsp3) is 0.571. The normalized spacial score (nSPS) is 21.5. The number of hydrogen-bond acceptors (Lipinski definition) is 6. The van der Waals surface area contributed by atoms with Crippen LogP contribution in [0.5, 0.6) is 0 Å². The number of aldehydes is 1. The quantitative estimate of drug-likeness (QED) is 0.311. The Bertz CT molecular complexity index is 1200. The minimum atomic E-state index is -1.24. The number of hydrogen-bond donors (Lipinski definition) is 4. The lowest BCUT2D eigenvalue weighted by Crippen LogP contribution is -2.61. The Labute approximate surface area is 238 Å². The lowest BCUT2D eigenvalue weighted by molar-refractivity contribution is -0.147. The molecular formula is C28H37ClN4O7. The van der Waals surface area contributed by atoms with Crippen molar-refractivity contribution in [2.45, 2.75) is 84.5 Å². The van der Waals surface area contributed by atoms with Gasteiger partial charge in [0.1, 0.15) is 18.4 Å². The zero-order valence-electron chi connectivity index (χ0n) is 23.3. The van der Waals surface area contributed by atoms with Gasteiger partial charge in [-0.05, 0) is 42.7 Å². The highest BCUT2D eigenvalue weighted by Gasteiger charge is 2.53. The van der Waals surface area contributed by atoms with Gasteiger partial charge in [0.05, 0.1) is 28.7 Å². The summed E-state index contributed by atoms with van der Waals surface area (Å²) in [5, 5.41) is 17.0. The van der Waals surface area contributed by atoms with Crippen LogP contribution in [0.3, 0.4) is 0 Å². The lowest BCUT2D eigenvalue weighted by atomic mass is 9.84. The van der Waals surface area contributed by atoms with Crippen LogP contribution in [0.2, 0.25) is 5.02 Å². The fourth-order valence-corrected chi connectivity index (χ4v) is 5.58. The van der Waals surface area contributed by atoms with Crippen LogP contribution in [0, 0.1) is 17.3 Å². The number of halogens is 1. The summed E-state index contributed by atoms with van der Waals surface area (Å²) in [7, 11) is 0. The van der Waals surface area contributed by atoms with E-state index in [9.17, 15) is 28.8 Å². The first-order valence-electron chi connectivity index (χ1n) is 13.4. The summed E-state index contributed by atoms with van der Waals surface area (Å²) in [5.74, 6) is -3.60. The minimum Gasteiger partial charge on any atom is -0.481 e. The number of carbonyl (C=O) groups is 6. The molecule has 1 aromatic rings. The molecule has 0 aromatic heterocycles. The maximum absolute atomic E-state index is 14.0. The van der Waals surface area contributed by atoms with Gasteiger partial charge in [-0.15, -0.1) is 0 Å². The fourth-order valence-electron chi connectivity index (χ4n) is 5.32. The van der Waals surface area contributed by atoms with Crippen molar-refractivity contribution >= 4 is 53.2 Å². The molecule has 11 nitrogen and oxygen atoms in total. The van der Waals surface area contributed by atoms with Crippen LogP contribution >= 0.6 is 11.6 Å². The molecule has 4 amide bonds. The molecule has 1 aliphatic heterocycles. The van der Waals surface area contributed by atoms with E-state index in [4.69, 9.17) is 16.7 Å². The zero-order chi connectivity index (χ0) is 29.9. The summed E-state index contributed by atoms with van der Waals surface area (Å²) in [5.41, 5.74) is -0.420. The number of nitrogens with one attached hydrogen (secondary N) is 3. The summed E-state index contributed by atoms with van der Waals surface area (Å²) in [4.78, 5) is 76.8. The van der Waals surface area contributed by atoms with Crippen LogP contribution in [0.4, 0.5) is 5.69 Å². The number of nitrogens with zero attached hydrogens (tertiary/aromatic N) is 1. The van der Waals surface area contributed by atoms with Crippen LogP contribution in [0.15, 0.2) is 18.2 Å². The number of likely N-dealkylation sites (tertiary alicyclic amines) is 1. The molecule has 12 heteroatoms. The van der Waals surface area contributed by atoms with E-state index in [2.05, 4.69) is 16.0 Å². The topological polar surface area (TPSA) is 162 Å². The molecule has 0 spiro atoms. The molecule has 1 saturated heterocycles. The van der Waals surface area contributed by atoms with E-state index < -0.39 is 53.7 Å². The van der Waals surface area contributed by atoms with E-state index in [-0.39, 0.29) is 40.1 Å². The standard InChI is InChI=1S/C28H37ClN4O7/c1-14(2)24(37)31-19-8-6-7-18(21(19)29)25(38)32-23(28(3,4)5)27(40)33-17-10-9-15(11-17)22(33)26(39)30-16(13-34)12-20(35)36/h6-8,13-17,22-23H,9-12H2,1-5H3,(H,30,39)(H,31,37)(H,32,38)(H,35,36)/t15?,16?,17?,22-,23+/m0/s1. The number of fused-ring (bicyclic) bond motifs is 2. The molecule has 40 heavy (non-hydrogen) atoms. The summed E-state index contributed by atoms with van der Waals surface area (Å²) in [6, 6.07) is 1.27. The van der Waals surface area contributed by atoms with Gasteiger partial charge >= 0.3 is 5.97 Å². The van der Waals surface area contributed by atoms with E-state index in [1.54, 1.807) is 46.8 Å². The third kappa shape index (κ3) is 6.80. The lowest BCUT2D eigenvalue weighted by Gasteiger charge is -2.40. The molecule has 1 aromatic carbocycles. The molecule has 2 fully saturated rings. The van der Waals surface area contributed by atoms with Gasteiger partial charge in [-0.2, -0.15) is 0 Å². The number of carbonyl (C=O) groups excluding carboxylic acids is 5. The second kappa shape index (κ2) is 12.4. The van der Waals surface area contributed by atoms with Crippen molar-refractivity contribution in [3.63, 3.8) is 0 Å². The van der Waals surface area contributed by atoms with Crippen LogP contribution < -0.4 is 16.0 Å². The smallest absolute Gasteiger partial charge is 0.305 e. The van der Waals surface area contributed by atoms with E-state index in [1.165, 1.54) is 11.0 Å². The van der Waals surface area contributed by atoms with Gasteiger partial charge in [0.15, 0.2) is 0 Å². The summed E-state index contributed by atoms with van der Waals surface area (Å²) in [6.07, 6.45) is 1.81. The molecule has 1 aliphatic carbocycles. The van der Waals surface area contributed by atoms with Gasteiger partial charge in [0, 0.05) is 12.0 Å². The van der Waals surface area contributed by atoms with Crippen molar-refractivity contribution in [2.24, 2.45) is 17.3 Å². The van der Waals surface area contributed by atoms with E-state index >= 15 is 0 Å². The van der Waals surface area contributed by atoms with Gasteiger partial charge in [0.2, 0.25) is 17.7 Å². The van der Waals surface area contributed by atoms with Gasteiger partial charge in [0.25, 0.3) is 5.91 Å². The summed E-state index contributed by atoms with van der Waals surface area (Å²) < 4.78 is 0. The molecular weight excluding hydrogens is 540 g/mol. The number of carboxylic acids is 1. The molecule has 2 bridgehead atoms. The second-order valence-corrected chi connectivity index (χ2v) is 12.2. The Kier molecular flexibility index (Phi) is 9.60. The predicted octanol–water partition coefficient (Wildman–Crippen LogP) is 2.62. The number of benzene rings is 1. The zero-order valence-corrected chi connectivity index (χ0v) is 24.1. The minimum absolute atomic E-state index is 0.0323. The highest BCUT2D eigenvalue weighted by Crippen LogP contribution is 2.43. The Morgan fingerprint density at radius 1 is 1.12 bits per heavy atom. The molecule has 3 unspecified atom stereocenters. The average Bonchev–Trinajstić information content (AvgIpc) is 3.48. The number of amides is 4. The monoisotopic (exact) mass is 576 g/mol. The van der Waals surface area contributed by atoms with E-state index in [1.807, 2.05) is 0 Å². The van der Waals surface area contributed by atoms with Crippen molar-refractivity contribution in [1.82, 2.24) is 15.5 Å². The molecule has 1 heterocycles. The van der Waals surface area contributed by atoms with Crippen LogP contribution in [-0.4, -0.2) is 70.1 Å². The predicted molar refractivity (Wildman–Crippen MR) is 148 cm³/mol. The van der Waals surface area contributed by atoms with Crippen LogP contribution in [0.1, 0.15) is 70.7 Å². The number of piperidine rings is 1. The molecule has 0 radical (unpaired) electrons. The Hall–Kier alpha value is -3.47. The largest absolute Gasteiger partial charge is 0.481 e. The maximum Gasteiger partial charge on any atom is 0.305 e.